The van der Waals surface area contributed by atoms with Gasteiger partial charge in [0.1, 0.15) is 11.6 Å². The maximum atomic E-state index is 14.7. The van der Waals surface area contributed by atoms with Crippen LogP contribution in [-0.4, -0.2) is 58.1 Å². The third kappa shape index (κ3) is 4.54. The van der Waals surface area contributed by atoms with Crippen LogP contribution in [0, 0.1) is 12.7 Å². The zero-order valence-electron chi connectivity index (χ0n) is 17.5. The van der Waals surface area contributed by atoms with Crippen LogP contribution < -0.4 is 15.0 Å². The Morgan fingerprint density at radius 3 is 2.72 bits per heavy atom. The van der Waals surface area contributed by atoms with Crippen LogP contribution in [0.15, 0.2) is 34.2 Å². The number of nitrogens with zero attached hydrogens (tertiary/aromatic N) is 5. The first-order valence-electron chi connectivity index (χ1n) is 10.1. The zero-order valence-corrected chi connectivity index (χ0v) is 19.9. The number of piperazine rings is 1. The number of anilines is 3. The molecular weight excluding hydrogens is 497 g/mol. The Kier molecular flexibility index (Phi) is 5.70. The number of benzene rings is 1. The van der Waals surface area contributed by atoms with Gasteiger partial charge in [-0.2, -0.15) is 9.97 Å². The Morgan fingerprint density at radius 1 is 1.16 bits per heavy atom. The van der Waals surface area contributed by atoms with Crippen molar-refractivity contribution < 1.29 is 9.13 Å². The number of ether oxygens (including phenoxy) is 1. The fourth-order valence-corrected chi connectivity index (χ4v) is 4.71. The summed E-state index contributed by atoms with van der Waals surface area (Å²) in [7, 11) is 2.10. The van der Waals surface area contributed by atoms with Gasteiger partial charge >= 0.3 is 6.01 Å². The van der Waals surface area contributed by atoms with Gasteiger partial charge in [-0.1, -0.05) is 11.3 Å². The van der Waals surface area contributed by atoms with Crippen molar-refractivity contribution in [3.05, 3.63) is 45.8 Å². The molecule has 2 N–H and O–H groups in total. The number of fused-ring (bicyclic) bond motifs is 1. The predicted molar refractivity (Wildman–Crippen MR) is 128 cm³/mol. The van der Waals surface area contributed by atoms with E-state index in [1.807, 2.05) is 19.1 Å². The molecule has 0 spiro atoms. The molecule has 1 aromatic carbocycles. The van der Waals surface area contributed by atoms with Crippen molar-refractivity contribution in [3.63, 3.8) is 0 Å². The first kappa shape index (κ1) is 21.1. The summed E-state index contributed by atoms with van der Waals surface area (Å²) in [6.07, 6.45) is 1.72. The number of aryl methyl sites for hydroxylation is 1. The number of H-pyrrole nitrogens is 1. The molecule has 3 aromatic heterocycles. The minimum absolute atomic E-state index is 0.0741. The number of rotatable bonds is 5. The monoisotopic (exact) mass is 517 g/mol. The average Bonchev–Trinajstić information content (AvgIpc) is 3.32. The summed E-state index contributed by atoms with van der Waals surface area (Å²) in [6, 6.07) is 6.96. The number of aromatic amines is 1. The number of nitrogens with one attached hydrogen (secondary N) is 2. The van der Waals surface area contributed by atoms with Crippen molar-refractivity contribution in [2.24, 2.45) is 0 Å². The van der Waals surface area contributed by atoms with E-state index in [4.69, 9.17) is 4.74 Å². The molecule has 32 heavy (non-hydrogen) atoms. The summed E-state index contributed by atoms with van der Waals surface area (Å²) in [5, 5.41) is 4.74. The Labute approximate surface area is 196 Å². The molecule has 4 heterocycles. The maximum Gasteiger partial charge on any atom is 0.326 e. The van der Waals surface area contributed by atoms with E-state index >= 15 is 0 Å². The molecule has 1 saturated heterocycles. The van der Waals surface area contributed by atoms with Gasteiger partial charge in [0.05, 0.1) is 9.98 Å². The highest BCUT2D eigenvalue weighted by Crippen LogP contribution is 2.31. The van der Waals surface area contributed by atoms with Crippen LogP contribution in [0.25, 0.3) is 10.9 Å². The van der Waals surface area contributed by atoms with Gasteiger partial charge in [-0.05, 0) is 42.0 Å². The normalized spacial score (nSPS) is 14.8. The Balaban J connectivity index is 1.49. The average molecular weight is 518 g/mol. The highest BCUT2D eigenvalue weighted by Gasteiger charge is 2.19. The molecular formula is C21H21BrFN7OS. The lowest BCUT2D eigenvalue weighted by Crippen LogP contribution is -2.44. The molecule has 0 amide bonds. The molecule has 1 fully saturated rings. The van der Waals surface area contributed by atoms with E-state index in [0.717, 1.165) is 52.4 Å². The minimum Gasteiger partial charge on any atom is -0.421 e. The van der Waals surface area contributed by atoms with Crippen LogP contribution in [0.5, 0.6) is 11.8 Å². The molecule has 166 valence electrons. The van der Waals surface area contributed by atoms with Crippen molar-refractivity contribution in [2.45, 2.75) is 6.92 Å². The summed E-state index contributed by atoms with van der Waals surface area (Å²) < 4.78 is 21.5. The van der Waals surface area contributed by atoms with Crippen LogP contribution in [0.1, 0.15) is 5.69 Å². The van der Waals surface area contributed by atoms with Crippen molar-refractivity contribution in [1.82, 2.24) is 24.8 Å². The lowest BCUT2D eigenvalue weighted by atomic mass is 10.2. The topological polar surface area (TPSA) is 82.2 Å². The van der Waals surface area contributed by atoms with Gasteiger partial charge in [-0.25, -0.2) is 9.37 Å². The summed E-state index contributed by atoms with van der Waals surface area (Å²) in [6.45, 7) is 5.45. The van der Waals surface area contributed by atoms with Gasteiger partial charge in [-0.3, -0.25) is 0 Å². The molecule has 1 aliphatic rings. The second-order valence-corrected chi connectivity index (χ2v) is 10.1. The van der Waals surface area contributed by atoms with Crippen LogP contribution in [0.3, 0.4) is 0 Å². The van der Waals surface area contributed by atoms with Gasteiger partial charge < -0.3 is 24.8 Å². The molecule has 0 bridgehead atoms. The highest BCUT2D eigenvalue weighted by atomic mass is 79.9. The van der Waals surface area contributed by atoms with E-state index in [1.54, 1.807) is 12.3 Å². The minimum atomic E-state index is -0.480. The fraction of sp³-hybridized carbons (Fsp3) is 0.286. The van der Waals surface area contributed by atoms with Gasteiger partial charge in [0.25, 0.3) is 0 Å². The Hall–Kier alpha value is -2.76. The van der Waals surface area contributed by atoms with Crippen molar-refractivity contribution in [2.75, 3.05) is 43.4 Å². The van der Waals surface area contributed by atoms with Gasteiger partial charge in [0.15, 0.2) is 16.7 Å². The van der Waals surface area contributed by atoms with Crippen molar-refractivity contribution in [3.8, 4) is 11.8 Å². The molecule has 0 radical (unpaired) electrons. The smallest absolute Gasteiger partial charge is 0.326 e. The Bertz CT molecular complexity index is 1270. The van der Waals surface area contributed by atoms with Crippen molar-refractivity contribution in [1.29, 1.82) is 0 Å². The summed E-state index contributed by atoms with van der Waals surface area (Å²) >= 11 is 4.87. The van der Waals surface area contributed by atoms with Gasteiger partial charge in [-0.15, -0.1) is 0 Å². The van der Waals surface area contributed by atoms with E-state index in [-0.39, 0.29) is 11.8 Å². The van der Waals surface area contributed by atoms with E-state index < -0.39 is 5.82 Å². The maximum absolute atomic E-state index is 14.7. The lowest BCUT2D eigenvalue weighted by Gasteiger charge is -2.33. The van der Waals surface area contributed by atoms with Crippen molar-refractivity contribution >= 4 is 54.9 Å². The SMILES string of the molecule is Cc1cc2cc(Oc3nc(Nc4ncc(Br)s4)cc(N4CCN(C)CC4)n3)c(F)cc2[nH]1. The third-order valence-corrected chi connectivity index (χ3v) is 6.63. The standard InChI is InChI=1S/C21H21BrFN7OS/c1-12-7-13-8-16(14(23)9-15(13)25-12)31-20-26-18(27-21-24-11-17(22)32-21)10-19(28-20)30-5-3-29(2)4-6-30/h7-11,25H,3-6H2,1-2H3,(H,24,26,27,28). The predicted octanol–water partition coefficient (Wildman–Crippen LogP) is 4.91. The van der Waals surface area contributed by atoms with Crippen LogP contribution in [-0.2, 0) is 0 Å². The molecule has 5 rings (SSSR count). The summed E-state index contributed by atoms with van der Waals surface area (Å²) in [5.74, 6) is 0.853. The van der Waals surface area contributed by atoms with Crippen LogP contribution >= 0.6 is 27.3 Å². The first-order chi connectivity index (χ1) is 15.4. The number of hydrogen-bond donors (Lipinski definition) is 2. The molecule has 0 aliphatic carbocycles. The van der Waals surface area contributed by atoms with Crippen LogP contribution in [0.4, 0.5) is 21.2 Å². The number of likely N-dealkylation sites (N-methyl/N-ethyl adjacent to an activating group) is 1. The number of aromatic nitrogens is 4. The molecule has 0 saturated carbocycles. The van der Waals surface area contributed by atoms with E-state index in [9.17, 15) is 4.39 Å². The first-order valence-corrected chi connectivity index (χ1v) is 11.7. The second-order valence-electron chi connectivity index (χ2n) is 7.70. The summed E-state index contributed by atoms with van der Waals surface area (Å²) in [5.41, 5.74) is 1.67. The zero-order chi connectivity index (χ0) is 22.2. The Morgan fingerprint density at radius 2 is 1.97 bits per heavy atom. The number of hydrogen-bond acceptors (Lipinski definition) is 8. The van der Waals surface area contributed by atoms with E-state index in [0.29, 0.717) is 10.9 Å². The fourth-order valence-electron chi connectivity index (χ4n) is 3.60. The molecule has 4 aromatic rings. The van der Waals surface area contributed by atoms with Gasteiger partial charge in [0, 0.05) is 54.9 Å². The molecule has 1 aliphatic heterocycles. The summed E-state index contributed by atoms with van der Waals surface area (Å²) in [4.78, 5) is 20.9. The van der Waals surface area contributed by atoms with Gasteiger partial charge in [0.2, 0.25) is 0 Å². The largest absolute Gasteiger partial charge is 0.421 e. The highest BCUT2D eigenvalue weighted by molar-refractivity contribution is 9.11. The third-order valence-electron chi connectivity index (χ3n) is 5.24. The number of thiazole rings is 1. The van der Waals surface area contributed by atoms with E-state index in [1.165, 1.54) is 17.4 Å². The lowest BCUT2D eigenvalue weighted by molar-refractivity contribution is 0.311. The molecule has 8 nitrogen and oxygen atoms in total. The van der Waals surface area contributed by atoms with Crippen LogP contribution in [0.2, 0.25) is 0 Å². The molecule has 0 atom stereocenters. The second kappa shape index (κ2) is 8.64. The quantitative estimate of drug-likeness (QED) is 0.389. The van der Waals surface area contributed by atoms with E-state index in [2.05, 4.69) is 58.0 Å². The molecule has 0 unspecified atom stereocenters. The number of halogens is 2. The molecule has 11 heteroatoms.